The van der Waals surface area contributed by atoms with E-state index in [9.17, 15) is 0 Å². The van der Waals surface area contributed by atoms with Gasteiger partial charge in [0.25, 0.3) is 0 Å². The van der Waals surface area contributed by atoms with E-state index in [1.807, 2.05) is 0 Å². The van der Waals surface area contributed by atoms with Gasteiger partial charge in [0.2, 0.25) is 0 Å². The molecule has 3 rings (SSSR count). The van der Waals surface area contributed by atoms with Crippen LogP contribution in [0, 0.1) is 5.41 Å². The maximum Gasteiger partial charge on any atom is 0.0175 e. The van der Waals surface area contributed by atoms with Crippen molar-refractivity contribution in [3.63, 3.8) is 0 Å². The summed E-state index contributed by atoms with van der Waals surface area (Å²) in [6.45, 7) is 4.85. The van der Waals surface area contributed by atoms with Crippen LogP contribution in [0.4, 0.5) is 0 Å². The van der Waals surface area contributed by atoms with Gasteiger partial charge in [-0.25, -0.2) is 0 Å². The molecule has 0 heterocycles. The van der Waals surface area contributed by atoms with Gasteiger partial charge in [0.15, 0.2) is 0 Å². The van der Waals surface area contributed by atoms with E-state index in [1.165, 1.54) is 48.6 Å². The van der Waals surface area contributed by atoms with E-state index in [1.54, 1.807) is 0 Å². The Labute approximate surface area is 131 Å². The third-order valence-electron chi connectivity index (χ3n) is 5.16. The fourth-order valence-electron chi connectivity index (χ4n) is 3.93. The maximum absolute atomic E-state index is 3.91. The predicted molar refractivity (Wildman–Crippen MR) is 89.1 cm³/mol. The Morgan fingerprint density at radius 2 is 1.80 bits per heavy atom. The van der Waals surface area contributed by atoms with Crippen molar-refractivity contribution in [3.05, 3.63) is 34.3 Å². The highest BCUT2D eigenvalue weighted by Gasteiger charge is 2.34. The lowest BCUT2D eigenvalue weighted by Gasteiger charge is -2.42. The molecule has 2 heteroatoms. The van der Waals surface area contributed by atoms with Crippen molar-refractivity contribution in [2.24, 2.45) is 5.41 Å². The molecule has 0 radical (unpaired) electrons. The fourth-order valence-corrected chi connectivity index (χ4v) is 4.20. The summed E-state index contributed by atoms with van der Waals surface area (Å²) in [7, 11) is 0. The molecule has 1 aromatic rings. The lowest BCUT2D eigenvalue weighted by atomic mass is 9.72. The number of rotatable bonds is 3. The van der Waals surface area contributed by atoms with Crippen molar-refractivity contribution in [2.75, 3.05) is 0 Å². The topological polar surface area (TPSA) is 12.0 Å². The van der Waals surface area contributed by atoms with Crippen molar-refractivity contribution in [1.29, 1.82) is 0 Å². The van der Waals surface area contributed by atoms with Gasteiger partial charge in [-0.1, -0.05) is 48.3 Å². The van der Waals surface area contributed by atoms with Gasteiger partial charge in [-0.3, -0.25) is 0 Å². The maximum atomic E-state index is 3.91. The van der Waals surface area contributed by atoms with Crippen molar-refractivity contribution in [1.82, 2.24) is 5.32 Å². The number of halogens is 1. The van der Waals surface area contributed by atoms with Gasteiger partial charge in [-0.15, -0.1) is 0 Å². The lowest BCUT2D eigenvalue weighted by molar-refractivity contribution is 0.165. The number of hydrogen-bond donors (Lipinski definition) is 1. The molecular formula is C18H26BrN. The molecule has 1 N–H and O–H groups in total. The zero-order chi connectivity index (χ0) is 14.2. The van der Waals surface area contributed by atoms with Crippen molar-refractivity contribution < 1.29 is 0 Å². The van der Waals surface area contributed by atoms with Crippen molar-refractivity contribution in [2.45, 2.75) is 70.4 Å². The Morgan fingerprint density at radius 3 is 2.45 bits per heavy atom. The van der Waals surface area contributed by atoms with E-state index in [0.29, 0.717) is 5.41 Å². The normalized spacial score (nSPS) is 32.6. The van der Waals surface area contributed by atoms with Crippen LogP contribution in [0.3, 0.4) is 0 Å². The Morgan fingerprint density at radius 1 is 1.10 bits per heavy atom. The average molecular weight is 336 g/mol. The minimum atomic E-state index is 0.546. The Bertz CT molecular complexity index is 445. The largest absolute Gasteiger partial charge is 0.311 e. The van der Waals surface area contributed by atoms with Crippen LogP contribution in [-0.2, 0) is 0 Å². The highest BCUT2D eigenvalue weighted by Crippen LogP contribution is 2.40. The van der Waals surface area contributed by atoms with Gasteiger partial charge >= 0.3 is 0 Å². The number of nitrogens with one attached hydrogen (secondary N) is 1. The summed E-state index contributed by atoms with van der Waals surface area (Å²) < 4.78 is 1.18. The van der Waals surface area contributed by atoms with Gasteiger partial charge in [0, 0.05) is 16.6 Å². The molecule has 0 saturated heterocycles. The number of benzene rings is 1. The standard InChI is InChI=1S/C18H26BrN/c1-18(2)9-3-4-16(12-18)20-17-10-14(11-17)13-5-7-15(19)8-6-13/h5-8,14,16-17,20H,3-4,9-12H2,1-2H3. The highest BCUT2D eigenvalue weighted by molar-refractivity contribution is 9.10. The first-order chi connectivity index (χ1) is 9.52. The van der Waals surface area contributed by atoms with Crippen LogP contribution in [0.15, 0.2) is 28.7 Å². The summed E-state index contributed by atoms with van der Waals surface area (Å²) in [5, 5.41) is 3.91. The molecule has 0 aromatic heterocycles. The molecule has 20 heavy (non-hydrogen) atoms. The van der Waals surface area contributed by atoms with Crippen LogP contribution >= 0.6 is 15.9 Å². The number of hydrogen-bond acceptors (Lipinski definition) is 1. The van der Waals surface area contributed by atoms with Gasteiger partial charge in [-0.05, 0) is 61.1 Å². The summed E-state index contributed by atoms with van der Waals surface area (Å²) >= 11 is 3.51. The second-order valence-electron chi connectivity index (χ2n) is 7.54. The summed E-state index contributed by atoms with van der Waals surface area (Å²) in [4.78, 5) is 0. The zero-order valence-electron chi connectivity index (χ0n) is 12.7. The quantitative estimate of drug-likeness (QED) is 0.794. The second-order valence-corrected chi connectivity index (χ2v) is 8.46. The molecule has 1 unspecified atom stereocenters. The lowest BCUT2D eigenvalue weighted by Crippen LogP contribution is -2.48. The molecule has 0 aliphatic heterocycles. The van der Waals surface area contributed by atoms with Crippen molar-refractivity contribution >= 4 is 15.9 Å². The van der Waals surface area contributed by atoms with E-state index in [2.05, 4.69) is 59.4 Å². The van der Waals surface area contributed by atoms with E-state index in [0.717, 1.165) is 18.0 Å². The van der Waals surface area contributed by atoms with Crippen LogP contribution in [0.1, 0.15) is 63.9 Å². The first-order valence-electron chi connectivity index (χ1n) is 8.03. The zero-order valence-corrected chi connectivity index (χ0v) is 14.2. The first kappa shape index (κ1) is 14.6. The van der Waals surface area contributed by atoms with Gasteiger partial charge in [0.05, 0.1) is 0 Å². The summed E-state index contributed by atoms with van der Waals surface area (Å²) in [5.74, 6) is 0.775. The minimum absolute atomic E-state index is 0.546. The van der Waals surface area contributed by atoms with E-state index >= 15 is 0 Å². The average Bonchev–Trinajstić information content (AvgIpc) is 2.34. The van der Waals surface area contributed by atoms with Gasteiger partial charge in [0.1, 0.15) is 0 Å². The molecule has 0 spiro atoms. The molecule has 1 aromatic carbocycles. The molecular weight excluding hydrogens is 310 g/mol. The molecule has 1 nitrogen and oxygen atoms in total. The van der Waals surface area contributed by atoms with E-state index in [4.69, 9.17) is 0 Å². The van der Waals surface area contributed by atoms with Gasteiger partial charge in [-0.2, -0.15) is 0 Å². The summed E-state index contributed by atoms with van der Waals surface area (Å²) in [6, 6.07) is 10.4. The van der Waals surface area contributed by atoms with E-state index in [-0.39, 0.29) is 0 Å². The molecule has 0 bridgehead atoms. The van der Waals surface area contributed by atoms with Crippen LogP contribution in [0.2, 0.25) is 0 Å². The smallest absolute Gasteiger partial charge is 0.0175 e. The molecule has 110 valence electrons. The van der Waals surface area contributed by atoms with Crippen LogP contribution in [-0.4, -0.2) is 12.1 Å². The monoisotopic (exact) mass is 335 g/mol. The minimum Gasteiger partial charge on any atom is -0.311 e. The molecule has 2 aliphatic carbocycles. The van der Waals surface area contributed by atoms with Crippen LogP contribution < -0.4 is 5.32 Å². The molecule has 2 fully saturated rings. The molecule has 2 saturated carbocycles. The summed E-state index contributed by atoms with van der Waals surface area (Å²) in [6.07, 6.45) is 8.16. The summed E-state index contributed by atoms with van der Waals surface area (Å²) in [5.41, 5.74) is 2.06. The first-order valence-corrected chi connectivity index (χ1v) is 8.83. The Kier molecular flexibility index (Phi) is 4.24. The third-order valence-corrected chi connectivity index (χ3v) is 5.68. The highest BCUT2D eigenvalue weighted by atomic mass is 79.9. The Hall–Kier alpha value is -0.340. The molecule has 0 amide bonds. The Balaban J connectivity index is 1.47. The van der Waals surface area contributed by atoms with Crippen LogP contribution in [0.5, 0.6) is 0 Å². The third kappa shape index (κ3) is 3.46. The van der Waals surface area contributed by atoms with E-state index < -0.39 is 0 Å². The second kappa shape index (κ2) is 5.81. The molecule has 1 atom stereocenters. The predicted octanol–water partition coefficient (Wildman–Crippen LogP) is 5.25. The van der Waals surface area contributed by atoms with Crippen molar-refractivity contribution in [3.8, 4) is 0 Å². The van der Waals surface area contributed by atoms with Crippen LogP contribution in [0.25, 0.3) is 0 Å². The fraction of sp³-hybridized carbons (Fsp3) is 0.667. The SMILES string of the molecule is CC1(C)CCCC(NC2CC(c3ccc(Br)cc3)C2)C1. The van der Waals surface area contributed by atoms with Gasteiger partial charge < -0.3 is 5.32 Å². The molecule has 2 aliphatic rings.